The molecule has 16 heavy (non-hydrogen) atoms. The number of hydrogen-bond donors (Lipinski definition) is 2. The van der Waals surface area contributed by atoms with Gasteiger partial charge in [-0.2, -0.15) is 0 Å². The van der Waals surface area contributed by atoms with E-state index in [-0.39, 0.29) is 6.29 Å². The number of aliphatic hydroxyl groups is 1. The Labute approximate surface area is 100 Å². The van der Waals surface area contributed by atoms with Crippen LogP contribution in [-0.2, 0) is 9.47 Å². The van der Waals surface area contributed by atoms with E-state index in [1.807, 2.05) is 0 Å². The van der Waals surface area contributed by atoms with Crippen molar-refractivity contribution in [3.8, 4) is 0 Å². The molecule has 0 aromatic heterocycles. The lowest BCUT2D eigenvalue weighted by atomic mass is 9.97. The normalized spacial score (nSPS) is 28.3. The van der Waals surface area contributed by atoms with E-state index < -0.39 is 0 Å². The van der Waals surface area contributed by atoms with Crippen LogP contribution in [0.4, 0.5) is 0 Å². The fourth-order valence-electron chi connectivity index (χ4n) is 1.45. The molecular weight excluding hydrogens is 206 g/mol. The second kappa shape index (κ2) is 12.9. The van der Waals surface area contributed by atoms with Crippen LogP contribution in [0.3, 0.4) is 0 Å². The van der Waals surface area contributed by atoms with Crippen LogP contribution in [0.1, 0.15) is 40.0 Å². The molecule has 4 heteroatoms. The molecule has 0 aromatic carbocycles. The first-order chi connectivity index (χ1) is 7.74. The molecule has 1 saturated heterocycles. The van der Waals surface area contributed by atoms with E-state index in [1.165, 1.54) is 13.5 Å². The Morgan fingerprint density at radius 1 is 1.25 bits per heavy atom. The minimum atomic E-state index is 0.0659. The molecule has 0 bridgehead atoms. The highest BCUT2D eigenvalue weighted by Crippen LogP contribution is 2.24. The van der Waals surface area contributed by atoms with Gasteiger partial charge < -0.3 is 20.3 Å². The van der Waals surface area contributed by atoms with Gasteiger partial charge in [0.25, 0.3) is 0 Å². The van der Waals surface area contributed by atoms with Crippen LogP contribution in [-0.4, -0.2) is 38.3 Å². The van der Waals surface area contributed by atoms with Gasteiger partial charge in [0, 0.05) is 13.7 Å². The second-order valence-corrected chi connectivity index (χ2v) is 3.70. The average Bonchev–Trinajstić information content (AvgIpc) is 2.36. The maximum absolute atomic E-state index is 7.00. The Kier molecular flexibility index (Phi) is 14.7. The van der Waals surface area contributed by atoms with E-state index >= 15 is 0 Å². The van der Waals surface area contributed by atoms with E-state index in [9.17, 15) is 0 Å². The van der Waals surface area contributed by atoms with Crippen LogP contribution >= 0.6 is 0 Å². The molecular formula is C12H29NO3. The maximum Gasteiger partial charge on any atom is 0.157 e. The van der Waals surface area contributed by atoms with Gasteiger partial charge in [-0.1, -0.05) is 13.8 Å². The molecule has 100 valence electrons. The van der Waals surface area contributed by atoms with Gasteiger partial charge in [-0.3, -0.25) is 0 Å². The smallest absolute Gasteiger partial charge is 0.157 e. The topological polar surface area (TPSA) is 64.7 Å². The summed E-state index contributed by atoms with van der Waals surface area (Å²) in [5.74, 6) is 0.687. The zero-order valence-electron chi connectivity index (χ0n) is 11.4. The highest BCUT2D eigenvalue weighted by atomic mass is 16.7. The SMILES string of the molecule is CCCO[C@H]1CC[C@H](C)C(C)O1.CN.CO. The van der Waals surface area contributed by atoms with Gasteiger partial charge in [-0.05, 0) is 39.2 Å². The monoisotopic (exact) mass is 235 g/mol. The molecule has 1 aliphatic rings. The summed E-state index contributed by atoms with van der Waals surface area (Å²) in [7, 11) is 2.50. The predicted molar refractivity (Wildman–Crippen MR) is 67.2 cm³/mol. The van der Waals surface area contributed by atoms with Crippen LogP contribution < -0.4 is 5.73 Å². The summed E-state index contributed by atoms with van der Waals surface area (Å²) < 4.78 is 11.2. The largest absolute Gasteiger partial charge is 0.400 e. The lowest BCUT2D eigenvalue weighted by Gasteiger charge is -2.32. The third-order valence-electron chi connectivity index (χ3n) is 2.53. The van der Waals surface area contributed by atoms with Gasteiger partial charge >= 0.3 is 0 Å². The maximum atomic E-state index is 7.00. The first-order valence-electron chi connectivity index (χ1n) is 6.03. The number of hydrogen-bond acceptors (Lipinski definition) is 4. The minimum absolute atomic E-state index is 0.0659. The molecule has 1 aliphatic heterocycles. The molecule has 0 amide bonds. The van der Waals surface area contributed by atoms with Gasteiger partial charge in [0.2, 0.25) is 0 Å². The molecule has 0 aromatic rings. The quantitative estimate of drug-likeness (QED) is 0.782. The van der Waals surface area contributed by atoms with Crippen LogP contribution in [0.5, 0.6) is 0 Å². The lowest BCUT2D eigenvalue weighted by molar-refractivity contribution is -0.202. The van der Waals surface area contributed by atoms with Crippen molar-refractivity contribution in [1.82, 2.24) is 0 Å². The van der Waals surface area contributed by atoms with Crippen molar-refractivity contribution in [2.75, 3.05) is 20.8 Å². The molecule has 0 spiro atoms. The van der Waals surface area contributed by atoms with Gasteiger partial charge in [-0.25, -0.2) is 0 Å². The van der Waals surface area contributed by atoms with Gasteiger partial charge in [0.1, 0.15) is 0 Å². The fourth-order valence-corrected chi connectivity index (χ4v) is 1.45. The number of rotatable bonds is 3. The molecule has 0 saturated carbocycles. The standard InChI is InChI=1S/C10H20O2.CH5N.CH4O/c1-4-7-11-10-6-5-8(2)9(3)12-10;2*1-2/h8-10H,4-7H2,1-3H3;2H2,1H3;2H,1H3/t8-,9?,10+;;/m0../s1. The van der Waals surface area contributed by atoms with Crippen molar-refractivity contribution >= 4 is 0 Å². The second-order valence-electron chi connectivity index (χ2n) is 3.70. The number of ether oxygens (including phenoxy) is 2. The third kappa shape index (κ3) is 8.05. The van der Waals surface area contributed by atoms with E-state index in [0.29, 0.717) is 12.0 Å². The van der Waals surface area contributed by atoms with Gasteiger partial charge in [0.05, 0.1) is 6.10 Å². The Morgan fingerprint density at radius 3 is 2.25 bits per heavy atom. The summed E-state index contributed by atoms with van der Waals surface area (Å²) in [6, 6.07) is 0. The van der Waals surface area contributed by atoms with Gasteiger partial charge in [-0.15, -0.1) is 0 Å². The van der Waals surface area contributed by atoms with E-state index in [0.717, 1.165) is 26.6 Å². The fraction of sp³-hybridized carbons (Fsp3) is 1.00. The van der Waals surface area contributed by atoms with Crippen molar-refractivity contribution in [1.29, 1.82) is 0 Å². The molecule has 1 fully saturated rings. The summed E-state index contributed by atoms with van der Waals surface area (Å²) in [6.07, 6.45) is 3.79. The van der Waals surface area contributed by atoms with Crippen LogP contribution in [0.2, 0.25) is 0 Å². The molecule has 3 atom stereocenters. The van der Waals surface area contributed by atoms with Crippen molar-refractivity contribution in [3.05, 3.63) is 0 Å². The van der Waals surface area contributed by atoms with Gasteiger partial charge in [0.15, 0.2) is 6.29 Å². The summed E-state index contributed by atoms with van der Waals surface area (Å²) in [4.78, 5) is 0. The van der Waals surface area contributed by atoms with Crippen LogP contribution in [0.25, 0.3) is 0 Å². The predicted octanol–water partition coefficient (Wildman–Crippen LogP) is 1.76. The Hall–Kier alpha value is -0.160. The minimum Gasteiger partial charge on any atom is -0.400 e. The third-order valence-corrected chi connectivity index (χ3v) is 2.53. The molecule has 0 aliphatic carbocycles. The number of aliphatic hydroxyl groups excluding tert-OH is 1. The Morgan fingerprint density at radius 2 is 1.81 bits per heavy atom. The van der Waals surface area contributed by atoms with Crippen molar-refractivity contribution < 1.29 is 14.6 Å². The Bertz CT molecular complexity index is 131. The molecule has 4 nitrogen and oxygen atoms in total. The lowest BCUT2D eigenvalue weighted by Crippen LogP contribution is -2.33. The average molecular weight is 235 g/mol. The highest BCUT2D eigenvalue weighted by Gasteiger charge is 2.24. The summed E-state index contributed by atoms with van der Waals surface area (Å²) in [5.41, 5.74) is 4.50. The van der Waals surface area contributed by atoms with E-state index in [1.54, 1.807) is 0 Å². The number of nitrogens with two attached hydrogens (primary N) is 1. The zero-order valence-corrected chi connectivity index (χ0v) is 11.4. The van der Waals surface area contributed by atoms with Crippen molar-refractivity contribution in [2.24, 2.45) is 11.7 Å². The summed E-state index contributed by atoms with van der Waals surface area (Å²) >= 11 is 0. The molecule has 0 radical (unpaired) electrons. The van der Waals surface area contributed by atoms with E-state index in [4.69, 9.17) is 14.6 Å². The molecule has 1 unspecified atom stereocenters. The van der Waals surface area contributed by atoms with Crippen molar-refractivity contribution in [3.63, 3.8) is 0 Å². The first kappa shape index (κ1) is 18.2. The Balaban J connectivity index is 0. The molecule has 3 N–H and O–H groups in total. The summed E-state index contributed by atoms with van der Waals surface area (Å²) in [5, 5.41) is 7.00. The zero-order chi connectivity index (χ0) is 13.0. The van der Waals surface area contributed by atoms with Crippen LogP contribution in [0.15, 0.2) is 0 Å². The molecule has 1 heterocycles. The summed E-state index contributed by atoms with van der Waals surface area (Å²) in [6.45, 7) is 7.31. The van der Waals surface area contributed by atoms with Crippen molar-refractivity contribution in [2.45, 2.75) is 52.4 Å². The highest BCUT2D eigenvalue weighted by molar-refractivity contribution is 4.68. The first-order valence-corrected chi connectivity index (χ1v) is 6.03. The molecule has 1 rings (SSSR count). The van der Waals surface area contributed by atoms with Crippen LogP contribution in [0, 0.1) is 5.92 Å². The van der Waals surface area contributed by atoms with E-state index in [2.05, 4.69) is 26.5 Å².